The molecule has 0 fully saturated rings. The normalized spacial score (nSPS) is 22.6. The average molecular weight is 343 g/mol. The molecule has 2 heterocycles. The first kappa shape index (κ1) is 17.5. The molecule has 1 aliphatic carbocycles. The molecule has 25 heavy (non-hydrogen) atoms. The van der Waals surface area contributed by atoms with Crippen molar-refractivity contribution in [1.29, 1.82) is 0 Å². The molecule has 134 valence electrons. The Morgan fingerprint density at radius 1 is 1.36 bits per heavy atom. The van der Waals surface area contributed by atoms with Gasteiger partial charge in [-0.05, 0) is 31.7 Å². The van der Waals surface area contributed by atoms with E-state index in [2.05, 4.69) is 24.3 Å². The van der Waals surface area contributed by atoms with Crippen LogP contribution in [0.5, 0.6) is 0 Å². The third-order valence-electron chi connectivity index (χ3n) is 4.98. The van der Waals surface area contributed by atoms with Gasteiger partial charge in [-0.2, -0.15) is 5.10 Å². The molecule has 1 unspecified atom stereocenters. The van der Waals surface area contributed by atoms with Crippen LogP contribution in [-0.2, 0) is 21.4 Å². The molecule has 1 aromatic rings. The Morgan fingerprint density at radius 3 is 2.60 bits per heavy atom. The third kappa shape index (κ3) is 2.90. The lowest BCUT2D eigenvalue weighted by molar-refractivity contribution is -0.136. The van der Waals surface area contributed by atoms with Crippen molar-refractivity contribution < 1.29 is 14.3 Å². The van der Waals surface area contributed by atoms with Crippen LogP contribution in [0.25, 0.3) is 0 Å². The molecule has 0 bridgehead atoms. The Labute approximate surface area is 147 Å². The van der Waals surface area contributed by atoms with Gasteiger partial charge in [-0.1, -0.05) is 13.8 Å². The van der Waals surface area contributed by atoms with E-state index in [4.69, 9.17) is 4.74 Å². The van der Waals surface area contributed by atoms with Gasteiger partial charge in [0.05, 0.1) is 30.0 Å². The number of Topliss-reactive ketones (excluding diaryl/α,β-unsaturated/α-hetero) is 1. The zero-order valence-corrected chi connectivity index (χ0v) is 15.7. The van der Waals surface area contributed by atoms with Gasteiger partial charge in [-0.3, -0.25) is 9.48 Å². The summed E-state index contributed by atoms with van der Waals surface area (Å²) in [5, 5.41) is 7.71. The average Bonchev–Trinajstić information content (AvgIpc) is 2.82. The largest absolute Gasteiger partial charge is 0.466 e. The Bertz CT molecular complexity index is 827. The Hall–Kier alpha value is -2.37. The maximum atomic E-state index is 13.0. The molecular formula is C19H25N3O3. The number of methoxy groups -OCH3 is 1. The number of aromatic nitrogens is 2. The standard InChI is InChI=1S/C19H25N3O3/c1-10-7-13(22(5)21-10)17-15(18(24)25-6)11(2)20-12-8-19(3,4)9-14(23)16(12)17/h7,17,20H,8-9H2,1-6H3. The Balaban J connectivity index is 2.23. The molecule has 0 radical (unpaired) electrons. The van der Waals surface area contributed by atoms with Crippen LogP contribution in [0.4, 0.5) is 0 Å². The maximum absolute atomic E-state index is 13.0. The van der Waals surface area contributed by atoms with Crippen LogP contribution >= 0.6 is 0 Å². The van der Waals surface area contributed by atoms with Gasteiger partial charge in [0.2, 0.25) is 0 Å². The molecule has 0 amide bonds. The fraction of sp³-hybridized carbons (Fsp3) is 0.526. The van der Waals surface area contributed by atoms with Crippen molar-refractivity contribution in [3.8, 4) is 0 Å². The molecule has 1 aliphatic heterocycles. The van der Waals surface area contributed by atoms with E-state index in [9.17, 15) is 9.59 Å². The number of rotatable bonds is 2. The van der Waals surface area contributed by atoms with Crippen molar-refractivity contribution in [2.24, 2.45) is 12.5 Å². The number of allylic oxidation sites excluding steroid dienone is 3. The lowest BCUT2D eigenvalue weighted by Crippen LogP contribution is -2.39. The van der Waals surface area contributed by atoms with Crippen LogP contribution in [0.15, 0.2) is 28.6 Å². The molecule has 1 atom stereocenters. The molecule has 0 aromatic carbocycles. The highest BCUT2D eigenvalue weighted by molar-refractivity contribution is 6.04. The van der Waals surface area contributed by atoms with Gasteiger partial charge in [0, 0.05) is 30.4 Å². The molecule has 0 saturated carbocycles. The zero-order chi connectivity index (χ0) is 18.5. The number of nitrogens with one attached hydrogen (secondary N) is 1. The highest BCUT2D eigenvalue weighted by Gasteiger charge is 2.44. The lowest BCUT2D eigenvalue weighted by atomic mass is 9.69. The smallest absolute Gasteiger partial charge is 0.336 e. The van der Waals surface area contributed by atoms with Crippen molar-refractivity contribution in [3.05, 3.63) is 40.0 Å². The van der Waals surface area contributed by atoms with Crippen molar-refractivity contribution in [2.75, 3.05) is 7.11 Å². The monoisotopic (exact) mass is 343 g/mol. The quantitative estimate of drug-likeness (QED) is 0.835. The summed E-state index contributed by atoms with van der Waals surface area (Å²) in [6.45, 7) is 7.95. The van der Waals surface area contributed by atoms with E-state index in [-0.39, 0.29) is 11.2 Å². The van der Waals surface area contributed by atoms with Crippen LogP contribution in [0.2, 0.25) is 0 Å². The number of hydrogen-bond acceptors (Lipinski definition) is 5. The first-order chi connectivity index (χ1) is 11.6. The van der Waals surface area contributed by atoms with Gasteiger partial charge >= 0.3 is 5.97 Å². The van der Waals surface area contributed by atoms with Crippen molar-refractivity contribution in [2.45, 2.75) is 46.5 Å². The van der Waals surface area contributed by atoms with E-state index < -0.39 is 11.9 Å². The number of ether oxygens (including phenoxy) is 1. The molecule has 6 heteroatoms. The minimum Gasteiger partial charge on any atom is -0.466 e. The summed E-state index contributed by atoms with van der Waals surface area (Å²) < 4.78 is 6.76. The van der Waals surface area contributed by atoms with E-state index in [0.717, 1.165) is 29.2 Å². The van der Waals surface area contributed by atoms with Crippen LogP contribution in [0, 0.1) is 12.3 Å². The first-order valence-electron chi connectivity index (χ1n) is 8.47. The number of nitrogens with zero attached hydrogens (tertiary/aromatic N) is 2. The topological polar surface area (TPSA) is 73.2 Å². The molecule has 0 saturated heterocycles. The van der Waals surface area contributed by atoms with E-state index in [0.29, 0.717) is 17.6 Å². The summed E-state index contributed by atoms with van der Waals surface area (Å²) in [7, 11) is 3.20. The molecule has 1 aromatic heterocycles. The van der Waals surface area contributed by atoms with Crippen molar-refractivity contribution in [1.82, 2.24) is 15.1 Å². The summed E-state index contributed by atoms with van der Waals surface area (Å²) in [4.78, 5) is 25.5. The summed E-state index contributed by atoms with van der Waals surface area (Å²) in [6.07, 6.45) is 1.24. The van der Waals surface area contributed by atoms with Gasteiger partial charge in [0.25, 0.3) is 0 Å². The van der Waals surface area contributed by atoms with Crippen molar-refractivity contribution >= 4 is 11.8 Å². The van der Waals surface area contributed by atoms with Gasteiger partial charge in [-0.25, -0.2) is 4.79 Å². The number of esters is 1. The second-order valence-corrected chi connectivity index (χ2v) is 7.76. The van der Waals surface area contributed by atoms with Crippen LogP contribution in [0.3, 0.4) is 0 Å². The minimum absolute atomic E-state index is 0.0801. The zero-order valence-electron chi connectivity index (χ0n) is 15.7. The third-order valence-corrected chi connectivity index (χ3v) is 4.98. The van der Waals surface area contributed by atoms with Gasteiger partial charge in [-0.15, -0.1) is 0 Å². The Kier molecular flexibility index (Phi) is 4.09. The molecular weight excluding hydrogens is 318 g/mol. The van der Waals surface area contributed by atoms with E-state index >= 15 is 0 Å². The summed E-state index contributed by atoms with van der Waals surface area (Å²) >= 11 is 0. The number of carbonyl (C=O) groups is 2. The lowest BCUT2D eigenvalue weighted by Gasteiger charge is -2.39. The molecule has 1 N–H and O–H groups in total. The maximum Gasteiger partial charge on any atom is 0.336 e. The number of hydrogen-bond donors (Lipinski definition) is 1. The van der Waals surface area contributed by atoms with Crippen LogP contribution < -0.4 is 5.32 Å². The summed E-state index contributed by atoms with van der Waals surface area (Å²) in [6, 6.07) is 1.93. The first-order valence-corrected chi connectivity index (χ1v) is 8.47. The summed E-state index contributed by atoms with van der Waals surface area (Å²) in [5.41, 5.74) is 4.39. The fourth-order valence-electron chi connectivity index (χ4n) is 4.01. The number of carbonyl (C=O) groups excluding carboxylic acids is 2. The fourth-order valence-corrected chi connectivity index (χ4v) is 4.01. The predicted octanol–water partition coefficient (Wildman–Crippen LogP) is 2.51. The van der Waals surface area contributed by atoms with Crippen LogP contribution in [0.1, 0.15) is 50.9 Å². The highest BCUT2D eigenvalue weighted by Crippen LogP contribution is 2.46. The van der Waals surface area contributed by atoms with Crippen molar-refractivity contribution in [3.63, 3.8) is 0 Å². The number of dihydropyridines is 1. The summed E-state index contributed by atoms with van der Waals surface area (Å²) in [5.74, 6) is -0.784. The van der Waals surface area contributed by atoms with Crippen LogP contribution in [-0.4, -0.2) is 28.6 Å². The Morgan fingerprint density at radius 2 is 2.04 bits per heavy atom. The molecule has 3 rings (SSSR count). The minimum atomic E-state index is -0.446. The molecule has 6 nitrogen and oxygen atoms in total. The number of aryl methyl sites for hydroxylation is 2. The molecule has 2 aliphatic rings. The second-order valence-electron chi connectivity index (χ2n) is 7.76. The second kappa shape index (κ2) is 5.86. The van der Waals surface area contributed by atoms with E-state index in [1.807, 2.05) is 27.0 Å². The van der Waals surface area contributed by atoms with Gasteiger partial charge in [0.15, 0.2) is 5.78 Å². The van der Waals surface area contributed by atoms with E-state index in [1.54, 1.807) is 4.68 Å². The predicted molar refractivity (Wildman–Crippen MR) is 93.6 cm³/mol. The number of ketones is 1. The van der Waals surface area contributed by atoms with Gasteiger partial charge in [0.1, 0.15) is 0 Å². The SMILES string of the molecule is COC(=O)C1=C(C)NC2=C(C(=O)CC(C)(C)C2)C1c1cc(C)nn1C. The van der Waals surface area contributed by atoms with Gasteiger partial charge < -0.3 is 10.1 Å². The highest BCUT2D eigenvalue weighted by atomic mass is 16.5. The van der Waals surface area contributed by atoms with E-state index in [1.165, 1.54) is 7.11 Å². The molecule has 0 spiro atoms.